The van der Waals surface area contributed by atoms with Crippen molar-refractivity contribution < 1.29 is 31.1 Å². The van der Waals surface area contributed by atoms with E-state index in [1.54, 1.807) is 0 Å². The van der Waals surface area contributed by atoms with E-state index in [1.165, 1.54) is 33.2 Å². The van der Waals surface area contributed by atoms with E-state index in [1.807, 2.05) is 22.6 Å². The SMILES string of the molecule is CN(C(=O)C(C)(C)c1cc(C(F)(F)F)cc(C(F)(F)F)c1)c1cnc(Cl)cc1I. The summed E-state index contributed by atoms with van der Waals surface area (Å²) in [4.78, 5) is 18.0. The lowest BCUT2D eigenvalue weighted by molar-refractivity contribution is -0.143. The lowest BCUT2D eigenvalue weighted by Crippen LogP contribution is -2.42. The van der Waals surface area contributed by atoms with Crippen LogP contribution in [0.2, 0.25) is 5.15 Å². The molecule has 29 heavy (non-hydrogen) atoms. The topological polar surface area (TPSA) is 33.2 Å². The molecule has 158 valence electrons. The van der Waals surface area contributed by atoms with Crippen LogP contribution in [0, 0.1) is 3.57 Å². The number of nitrogens with zero attached hydrogens (tertiary/aromatic N) is 2. The fourth-order valence-corrected chi connectivity index (χ4v) is 3.75. The molecule has 3 nitrogen and oxygen atoms in total. The number of halogens is 8. The maximum Gasteiger partial charge on any atom is 0.416 e. The summed E-state index contributed by atoms with van der Waals surface area (Å²) in [6.07, 6.45) is -8.71. The highest BCUT2D eigenvalue weighted by Crippen LogP contribution is 2.39. The number of likely N-dealkylation sites (N-methyl/N-ethyl adjacent to an activating group) is 1. The van der Waals surface area contributed by atoms with E-state index >= 15 is 0 Å². The van der Waals surface area contributed by atoms with Gasteiger partial charge in [0.15, 0.2) is 0 Å². The van der Waals surface area contributed by atoms with Crippen LogP contribution in [0.5, 0.6) is 0 Å². The maximum absolute atomic E-state index is 13.2. The van der Waals surface area contributed by atoms with Gasteiger partial charge < -0.3 is 4.90 Å². The first-order valence-corrected chi connectivity index (χ1v) is 9.40. The fraction of sp³-hybridized carbons (Fsp3) is 0.333. The number of anilines is 1. The van der Waals surface area contributed by atoms with Crippen LogP contribution in [-0.4, -0.2) is 17.9 Å². The Bertz CT molecular complexity index is 911. The Hall–Kier alpha value is -1.56. The molecule has 0 N–H and O–H groups in total. The third-order valence-corrected chi connectivity index (χ3v) is 5.38. The van der Waals surface area contributed by atoms with E-state index in [4.69, 9.17) is 11.6 Å². The molecule has 1 heterocycles. The standard InChI is InChI=1S/C18H14ClF6IN2O/c1-16(2,15(29)28(3)13-8-27-14(19)7-12(13)26)9-4-10(17(20,21)22)6-11(5-9)18(23,24)25/h4-8H,1-3H3. The molecule has 0 spiro atoms. The summed E-state index contributed by atoms with van der Waals surface area (Å²) in [6.45, 7) is 2.52. The van der Waals surface area contributed by atoms with Gasteiger partial charge in [-0.05, 0) is 66.3 Å². The minimum atomic E-state index is -5.00. The summed E-state index contributed by atoms with van der Waals surface area (Å²) < 4.78 is 79.5. The molecule has 0 saturated carbocycles. The van der Waals surface area contributed by atoms with Gasteiger partial charge in [-0.2, -0.15) is 26.3 Å². The second-order valence-corrected chi connectivity index (χ2v) is 8.29. The monoisotopic (exact) mass is 550 g/mol. The first kappa shape index (κ1) is 23.7. The van der Waals surface area contributed by atoms with Gasteiger partial charge in [0, 0.05) is 10.6 Å². The van der Waals surface area contributed by atoms with Crippen molar-refractivity contribution in [3.63, 3.8) is 0 Å². The Labute approximate surface area is 181 Å². The second kappa shape index (κ2) is 7.93. The van der Waals surface area contributed by atoms with Crippen LogP contribution in [0.3, 0.4) is 0 Å². The summed E-state index contributed by atoms with van der Waals surface area (Å²) >= 11 is 7.67. The normalized spacial score (nSPS) is 12.8. The van der Waals surface area contributed by atoms with Gasteiger partial charge in [-0.15, -0.1) is 0 Å². The molecule has 1 aromatic carbocycles. The van der Waals surface area contributed by atoms with Gasteiger partial charge in [0.2, 0.25) is 5.91 Å². The number of aromatic nitrogens is 1. The Kier molecular flexibility index (Phi) is 6.49. The predicted molar refractivity (Wildman–Crippen MR) is 105 cm³/mol. The van der Waals surface area contributed by atoms with E-state index in [9.17, 15) is 31.1 Å². The summed E-state index contributed by atoms with van der Waals surface area (Å²) in [6, 6.07) is 2.62. The van der Waals surface area contributed by atoms with E-state index < -0.39 is 40.4 Å². The number of pyridine rings is 1. The smallest absolute Gasteiger partial charge is 0.312 e. The Morgan fingerprint density at radius 3 is 1.83 bits per heavy atom. The number of benzene rings is 1. The zero-order chi connectivity index (χ0) is 22.4. The van der Waals surface area contributed by atoms with Crippen LogP contribution in [0.25, 0.3) is 0 Å². The van der Waals surface area contributed by atoms with Gasteiger partial charge in [0.05, 0.1) is 28.4 Å². The number of alkyl halides is 6. The molecule has 2 rings (SSSR count). The molecule has 0 aliphatic carbocycles. The number of rotatable bonds is 3. The number of carbonyl (C=O) groups excluding carboxylic acids is 1. The third-order valence-electron chi connectivity index (χ3n) is 4.31. The molecule has 0 bridgehead atoms. The van der Waals surface area contributed by atoms with E-state index in [-0.39, 0.29) is 11.2 Å². The molecular weight excluding hydrogens is 537 g/mol. The zero-order valence-corrected chi connectivity index (χ0v) is 18.1. The average Bonchev–Trinajstić information content (AvgIpc) is 2.58. The van der Waals surface area contributed by atoms with Crippen LogP contribution >= 0.6 is 34.2 Å². The highest BCUT2D eigenvalue weighted by Gasteiger charge is 2.41. The molecule has 0 fully saturated rings. The zero-order valence-electron chi connectivity index (χ0n) is 15.2. The number of amides is 1. The molecule has 0 unspecified atom stereocenters. The largest absolute Gasteiger partial charge is 0.416 e. The molecule has 0 aliphatic heterocycles. The molecule has 1 amide bonds. The van der Waals surface area contributed by atoms with E-state index in [0.29, 0.717) is 21.4 Å². The van der Waals surface area contributed by atoms with Crippen LogP contribution in [0.1, 0.15) is 30.5 Å². The van der Waals surface area contributed by atoms with Crippen LogP contribution in [0.15, 0.2) is 30.5 Å². The predicted octanol–water partition coefficient (Wildman–Crippen LogP) is 6.32. The molecule has 1 aromatic heterocycles. The van der Waals surface area contributed by atoms with Crippen molar-refractivity contribution in [2.75, 3.05) is 11.9 Å². The maximum atomic E-state index is 13.2. The minimum absolute atomic E-state index is 0.0276. The Balaban J connectivity index is 2.57. The van der Waals surface area contributed by atoms with Crippen molar-refractivity contribution in [2.24, 2.45) is 0 Å². The number of hydrogen-bond acceptors (Lipinski definition) is 2. The summed E-state index contributed by atoms with van der Waals surface area (Å²) in [5.74, 6) is -0.716. The number of hydrogen-bond donors (Lipinski definition) is 0. The highest BCUT2D eigenvalue weighted by molar-refractivity contribution is 14.1. The quantitative estimate of drug-likeness (QED) is 0.255. The molecule has 11 heteroatoms. The first-order valence-electron chi connectivity index (χ1n) is 7.94. The molecule has 0 atom stereocenters. The third kappa shape index (κ3) is 5.14. The van der Waals surface area contributed by atoms with Gasteiger partial charge in [0.25, 0.3) is 0 Å². The number of carbonyl (C=O) groups is 1. The molecule has 0 aliphatic rings. The molecule has 0 radical (unpaired) electrons. The van der Waals surface area contributed by atoms with Crippen molar-refractivity contribution in [3.05, 3.63) is 55.9 Å². The lowest BCUT2D eigenvalue weighted by atomic mass is 9.81. The summed E-state index contributed by atoms with van der Waals surface area (Å²) in [5.41, 5.74) is -4.75. The summed E-state index contributed by atoms with van der Waals surface area (Å²) in [5, 5.41) is 0.172. The van der Waals surface area contributed by atoms with Crippen LogP contribution in [-0.2, 0) is 22.6 Å². The van der Waals surface area contributed by atoms with Crippen molar-refractivity contribution in [1.29, 1.82) is 0 Å². The molecular formula is C18H14ClF6IN2O. The average molecular weight is 551 g/mol. The Morgan fingerprint density at radius 2 is 1.41 bits per heavy atom. The van der Waals surface area contributed by atoms with Gasteiger partial charge in [0.1, 0.15) is 5.15 Å². The van der Waals surface area contributed by atoms with Gasteiger partial charge in [-0.1, -0.05) is 11.6 Å². The summed E-state index contributed by atoms with van der Waals surface area (Å²) in [7, 11) is 1.36. The van der Waals surface area contributed by atoms with Gasteiger partial charge in [-0.25, -0.2) is 4.98 Å². The van der Waals surface area contributed by atoms with Crippen molar-refractivity contribution in [3.8, 4) is 0 Å². The minimum Gasteiger partial charge on any atom is -0.312 e. The van der Waals surface area contributed by atoms with Crippen molar-refractivity contribution >= 4 is 45.8 Å². The van der Waals surface area contributed by atoms with Crippen molar-refractivity contribution in [1.82, 2.24) is 4.98 Å². The van der Waals surface area contributed by atoms with Crippen LogP contribution in [0.4, 0.5) is 32.0 Å². The van der Waals surface area contributed by atoms with Crippen LogP contribution < -0.4 is 4.90 Å². The Morgan fingerprint density at radius 1 is 0.966 bits per heavy atom. The lowest BCUT2D eigenvalue weighted by Gasteiger charge is -2.31. The second-order valence-electron chi connectivity index (χ2n) is 6.74. The fourth-order valence-electron chi connectivity index (χ4n) is 2.61. The molecule has 2 aromatic rings. The van der Waals surface area contributed by atoms with Crippen molar-refractivity contribution in [2.45, 2.75) is 31.6 Å². The van der Waals surface area contributed by atoms with E-state index in [0.717, 1.165) is 4.90 Å². The van der Waals surface area contributed by atoms with Gasteiger partial charge in [-0.3, -0.25) is 4.79 Å². The van der Waals surface area contributed by atoms with Gasteiger partial charge >= 0.3 is 12.4 Å². The first-order chi connectivity index (χ1) is 13.0. The van der Waals surface area contributed by atoms with E-state index in [2.05, 4.69) is 4.98 Å². The molecule has 0 saturated heterocycles. The highest BCUT2D eigenvalue weighted by atomic mass is 127.